The fourth-order valence-electron chi connectivity index (χ4n) is 2.65. The molecule has 1 saturated heterocycles. The minimum Gasteiger partial charge on any atom is -0.481 e. The summed E-state index contributed by atoms with van der Waals surface area (Å²) < 4.78 is 12.9. The molecule has 1 atom stereocenters. The monoisotopic (exact) mass is 295 g/mol. The van der Waals surface area contributed by atoms with E-state index in [0.717, 1.165) is 43.2 Å². The molecular weight excluding hydrogens is 278 g/mol. The lowest BCUT2D eigenvalue weighted by atomic mass is 10.0. The Labute approximate surface area is 122 Å². The number of imidazole rings is 1. The highest BCUT2D eigenvalue weighted by Crippen LogP contribution is 2.23. The average molecular weight is 296 g/mol. The third-order valence-corrected chi connectivity index (χ3v) is 3.91. The van der Waals surface area contributed by atoms with Gasteiger partial charge in [-0.3, -0.25) is 0 Å². The van der Waals surface area contributed by atoms with Crippen LogP contribution in [0.5, 0.6) is 5.88 Å². The van der Waals surface area contributed by atoms with Gasteiger partial charge in [0.15, 0.2) is 5.65 Å². The smallest absolute Gasteiger partial charge is 0.215 e. The molecule has 6 heteroatoms. The second kappa shape index (κ2) is 5.97. The second-order valence-electron chi connectivity index (χ2n) is 5.05. The topological polar surface area (TPSA) is 49.2 Å². The Morgan fingerprint density at radius 2 is 2.35 bits per heavy atom. The van der Waals surface area contributed by atoms with E-state index in [1.54, 1.807) is 7.11 Å². The Hall–Kier alpha value is -1.33. The molecule has 2 aromatic heterocycles. The van der Waals surface area contributed by atoms with Crippen molar-refractivity contribution in [3.05, 3.63) is 18.0 Å². The maximum Gasteiger partial charge on any atom is 0.215 e. The largest absolute Gasteiger partial charge is 0.481 e. The van der Waals surface area contributed by atoms with E-state index in [2.05, 4.69) is 14.5 Å². The van der Waals surface area contributed by atoms with Gasteiger partial charge in [-0.15, -0.1) is 11.6 Å². The van der Waals surface area contributed by atoms with Crippen LogP contribution >= 0.6 is 11.6 Å². The highest BCUT2D eigenvalue weighted by atomic mass is 35.5. The number of aromatic nitrogens is 3. The molecule has 108 valence electrons. The van der Waals surface area contributed by atoms with Crippen molar-refractivity contribution < 1.29 is 9.47 Å². The van der Waals surface area contributed by atoms with Crippen LogP contribution in [0.1, 0.15) is 18.7 Å². The number of nitrogens with zero attached hydrogens (tertiary/aromatic N) is 3. The summed E-state index contributed by atoms with van der Waals surface area (Å²) in [6.07, 6.45) is 2.29. The Balaban J connectivity index is 1.97. The van der Waals surface area contributed by atoms with Gasteiger partial charge in [-0.25, -0.2) is 4.98 Å². The normalized spacial score (nSPS) is 19.4. The second-order valence-corrected chi connectivity index (χ2v) is 5.32. The van der Waals surface area contributed by atoms with Crippen molar-refractivity contribution in [2.45, 2.75) is 25.3 Å². The summed E-state index contributed by atoms with van der Waals surface area (Å²) in [5, 5.41) is 0. The van der Waals surface area contributed by atoms with Gasteiger partial charge >= 0.3 is 0 Å². The molecule has 1 unspecified atom stereocenters. The van der Waals surface area contributed by atoms with Crippen LogP contribution in [0.15, 0.2) is 12.1 Å². The van der Waals surface area contributed by atoms with Gasteiger partial charge in [0.05, 0.1) is 19.6 Å². The van der Waals surface area contributed by atoms with Gasteiger partial charge in [0.1, 0.15) is 11.3 Å². The van der Waals surface area contributed by atoms with Gasteiger partial charge in [0.2, 0.25) is 5.88 Å². The van der Waals surface area contributed by atoms with E-state index in [1.807, 2.05) is 12.1 Å². The molecule has 0 aromatic carbocycles. The first kappa shape index (κ1) is 13.6. The lowest BCUT2D eigenvalue weighted by molar-refractivity contribution is 0.0485. The lowest BCUT2D eigenvalue weighted by Gasteiger charge is -2.23. The maximum absolute atomic E-state index is 6.02. The number of halogens is 1. The standard InChI is InChI=1S/C14H18ClN3O2/c1-19-13-5-4-11-14(17-13)18(12(7-15)16-11)8-10-3-2-6-20-9-10/h4-5,10H,2-3,6-9H2,1H3. The van der Waals surface area contributed by atoms with E-state index < -0.39 is 0 Å². The van der Waals surface area contributed by atoms with Crippen LogP contribution in [0.4, 0.5) is 0 Å². The summed E-state index contributed by atoms with van der Waals surface area (Å²) >= 11 is 6.02. The summed E-state index contributed by atoms with van der Waals surface area (Å²) in [7, 11) is 1.62. The van der Waals surface area contributed by atoms with Gasteiger partial charge in [0.25, 0.3) is 0 Å². The number of fused-ring (bicyclic) bond motifs is 1. The molecule has 0 radical (unpaired) electrons. The zero-order valence-corrected chi connectivity index (χ0v) is 12.3. The third kappa shape index (κ3) is 2.60. The van der Waals surface area contributed by atoms with Crippen molar-refractivity contribution in [2.24, 2.45) is 5.92 Å². The molecule has 0 bridgehead atoms. The van der Waals surface area contributed by atoms with Gasteiger partial charge < -0.3 is 14.0 Å². The molecule has 20 heavy (non-hydrogen) atoms. The number of rotatable bonds is 4. The Kier molecular flexibility index (Phi) is 4.08. The number of pyridine rings is 1. The molecule has 0 spiro atoms. The van der Waals surface area contributed by atoms with Gasteiger partial charge in [-0.2, -0.15) is 4.98 Å². The fraction of sp³-hybridized carbons (Fsp3) is 0.571. The van der Waals surface area contributed by atoms with Crippen LogP contribution < -0.4 is 4.74 Å². The van der Waals surface area contributed by atoms with Crippen LogP contribution in [-0.2, 0) is 17.2 Å². The molecular formula is C14H18ClN3O2. The molecule has 1 aliphatic rings. The summed E-state index contributed by atoms with van der Waals surface area (Å²) in [5.41, 5.74) is 1.70. The quantitative estimate of drug-likeness (QED) is 0.814. The van der Waals surface area contributed by atoms with E-state index in [4.69, 9.17) is 21.1 Å². The molecule has 3 rings (SSSR count). The first-order valence-corrected chi connectivity index (χ1v) is 7.39. The molecule has 1 aliphatic heterocycles. The fourth-order valence-corrected chi connectivity index (χ4v) is 2.85. The lowest BCUT2D eigenvalue weighted by Crippen LogP contribution is -2.23. The van der Waals surface area contributed by atoms with Crippen LogP contribution in [0.25, 0.3) is 11.2 Å². The minimum atomic E-state index is 0.381. The molecule has 0 aliphatic carbocycles. The highest BCUT2D eigenvalue weighted by Gasteiger charge is 2.19. The number of hydrogen-bond donors (Lipinski definition) is 0. The summed E-state index contributed by atoms with van der Waals surface area (Å²) in [5.74, 6) is 2.33. The van der Waals surface area contributed by atoms with Crippen molar-refractivity contribution in [3.63, 3.8) is 0 Å². The summed E-state index contributed by atoms with van der Waals surface area (Å²) in [4.78, 5) is 9.05. The molecule has 1 fully saturated rings. The van der Waals surface area contributed by atoms with E-state index >= 15 is 0 Å². The van der Waals surface area contributed by atoms with Crippen molar-refractivity contribution in [1.29, 1.82) is 0 Å². The zero-order chi connectivity index (χ0) is 13.9. The zero-order valence-electron chi connectivity index (χ0n) is 11.5. The SMILES string of the molecule is COc1ccc2nc(CCl)n(CC3CCCOC3)c2n1. The van der Waals surface area contributed by atoms with Crippen LogP contribution in [0.2, 0.25) is 0 Å². The number of hydrogen-bond acceptors (Lipinski definition) is 4. The predicted molar refractivity (Wildman–Crippen MR) is 77.2 cm³/mol. The van der Waals surface area contributed by atoms with E-state index in [-0.39, 0.29) is 0 Å². The van der Waals surface area contributed by atoms with Gasteiger partial charge in [0, 0.05) is 25.1 Å². The van der Waals surface area contributed by atoms with Crippen LogP contribution in [0, 0.1) is 5.92 Å². The summed E-state index contributed by atoms with van der Waals surface area (Å²) in [6, 6.07) is 3.74. The Bertz CT molecular complexity index is 593. The molecule has 0 saturated carbocycles. The molecule has 3 heterocycles. The number of methoxy groups -OCH3 is 1. The van der Waals surface area contributed by atoms with Crippen LogP contribution in [-0.4, -0.2) is 34.9 Å². The molecule has 2 aromatic rings. The average Bonchev–Trinajstić information content (AvgIpc) is 2.85. The molecule has 0 N–H and O–H groups in total. The highest BCUT2D eigenvalue weighted by molar-refractivity contribution is 6.16. The first-order valence-electron chi connectivity index (χ1n) is 6.85. The molecule has 0 amide bonds. The molecule has 5 nitrogen and oxygen atoms in total. The van der Waals surface area contributed by atoms with E-state index in [0.29, 0.717) is 17.7 Å². The van der Waals surface area contributed by atoms with E-state index in [1.165, 1.54) is 6.42 Å². The predicted octanol–water partition coefficient (Wildman–Crippen LogP) is 2.61. The minimum absolute atomic E-state index is 0.381. The van der Waals surface area contributed by atoms with E-state index in [9.17, 15) is 0 Å². The van der Waals surface area contributed by atoms with Crippen LogP contribution in [0.3, 0.4) is 0 Å². The van der Waals surface area contributed by atoms with Gasteiger partial charge in [-0.1, -0.05) is 0 Å². The maximum atomic E-state index is 6.02. The van der Waals surface area contributed by atoms with Crippen molar-refractivity contribution >= 4 is 22.8 Å². The Morgan fingerprint density at radius 1 is 1.45 bits per heavy atom. The van der Waals surface area contributed by atoms with Crippen molar-refractivity contribution in [2.75, 3.05) is 20.3 Å². The van der Waals surface area contributed by atoms with Gasteiger partial charge in [-0.05, 0) is 18.9 Å². The Morgan fingerprint density at radius 3 is 3.05 bits per heavy atom. The number of ether oxygens (including phenoxy) is 2. The number of alkyl halides is 1. The first-order chi connectivity index (χ1) is 9.81. The summed E-state index contributed by atoms with van der Waals surface area (Å²) in [6.45, 7) is 2.51. The van der Waals surface area contributed by atoms with Crippen molar-refractivity contribution in [3.8, 4) is 5.88 Å². The third-order valence-electron chi connectivity index (χ3n) is 3.67. The van der Waals surface area contributed by atoms with Crippen molar-refractivity contribution in [1.82, 2.24) is 14.5 Å².